The second-order valence-corrected chi connectivity index (χ2v) is 6.03. The fourth-order valence-corrected chi connectivity index (χ4v) is 2.33. The standard InChI is InChI=1S/C20H21N3O4S/c1-14-7-3-5-9-16(14)27-13-19(25)22-23-20(28)21-18(24)12-11-15-8-4-6-10-17(15)26-2/h3-12H,13H2,1-2H3,(H,22,25)(H2,21,23,24,28). The van der Waals surface area contributed by atoms with Crippen molar-refractivity contribution in [2.24, 2.45) is 0 Å². The average molecular weight is 399 g/mol. The molecule has 0 saturated carbocycles. The Hall–Kier alpha value is -3.39. The van der Waals surface area contributed by atoms with Crippen LogP contribution in [0.3, 0.4) is 0 Å². The molecule has 0 aliphatic rings. The van der Waals surface area contributed by atoms with Crippen molar-refractivity contribution in [1.29, 1.82) is 0 Å². The van der Waals surface area contributed by atoms with Gasteiger partial charge in [0.1, 0.15) is 11.5 Å². The molecule has 0 aliphatic heterocycles. The molecule has 2 aromatic rings. The molecule has 0 radical (unpaired) electrons. The Bertz CT molecular complexity index is 883. The summed E-state index contributed by atoms with van der Waals surface area (Å²) in [5, 5.41) is 2.38. The molecule has 0 aliphatic carbocycles. The third-order valence-electron chi connectivity index (χ3n) is 3.56. The summed E-state index contributed by atoms with van der Waals surface area (Å²) in [5.41, 5.74) is 6.48. The van der Waals surface area contributed by atoms with Crippen LogP contribution in [0.25, 0.3) is 6.08 Å². The minimum Gasteiger partial charge on any atom is -0.496 e. The van der Waals surface area contributed by atoms with E-state index in [0.717, 1.165) is 11.1 Å². The molecular formula is C20H21N3O4S. The van der Waals surface area contributed by atoms with E-state index in [-0.39, 0.29) is 11.7 Å². The van der Waals surface area contributed by atoms with Gasteiger partial charge in [-0.25, -0.2) is 0 Å². The van der Waals surface area contributed by atoms with Gasteiger partial charge in [0, 0.05) is 11.6 Å². The van der Waals surface area contributed by atoms with E-state index >= 15 is 0 Å². The van der Waals surface area contributed by atoms with Crippen LogP contribution in [0.2, 0.25) is 0 Å². The summed E-state index contributed by atoms with van der Waals surface area (Å²) in [5.74, 6) is 0.376. The number of ether oxygens (including phenoxy) is 2. The van der Waals surface area contributed by atoms with Gasteiger partial charge in [0.2, 0.25) is 5.91 Å². The zero-order chi connectivity index (χ0) is 20.4. The SMILES string of the molecule is COc1ccccc1C=CC(=O)NC(=S)NNC(=O)COc1ccccc1C. The lowest BCUT2D eigenvalue weighted by molar-refractivity contribution is -0.123. The smallest absolute Gasteiger partial charge is 0.276 e. The number of nitrogens with one attached hydrogen (secondary N) is 3. The van der Waals surface area contributed by atoms with E-state index in [1.807, 2.05) is 43.3 Å². The highest BCUT2D eigenvalue weighted by Crippen LogP contribution is 2.18. The number of hydrazine groups is 1. The van der Waals surface area contributed by atoms with Gasteiger partial charge in [0.15, 0.2) is 11.7 Å². The fourth-order valence-electron chi connectivity index (χ4n) is 2.18. The third-order valence-corrected chi connectivity index (χ3v) is 3.76. The normalized spacial score (nSPS) is 10.2. The Balaban J connectivity index is 1.74. The molecule has 0 bridgehead atoms. The predicted molar refractivity (Wildman–Crippen MR) is 111 cm³/mol. The highest BCUT2D eigenvalue weighted by Gasteiger charge is 2.06. The molecule has 0 atom stereocenters. The summed E-state index contributed by atoms with van der Waals surface area (Å²) < 4.78 is 10.6. The summed E-state index contributed by atoms with van der Waals surface area (Å²) in [6.07, 6.45) is 2.92. The van der Waals surface area contributed by atoms with Crippen LogP contribution < -0.4 is 25.6 Å². The van der Waals surface area contributed by atoms with Gasteiger partial charge in [-0.15, -0.1) is 0 Å². The van der Waals surface area contributed by atoms with Crippen molar-refractivity contribution < 1.29 is 19.1 Å². The first-order chi connectivity index (χ1) is 13.5. The van der Waals surface area contributed by atoms with Crippen LogP contribution in [0.4, 0.5) is 0 Å². The number of carbonyl (C=O) groups excluding carboxylic acids is 2. The highest BCUT2D eigenvalue weighted by molar-refractivity contribution is 7.80. The number of para-hydroxylation sites is 2. The first-order valence-electron chi connectivity index (χ1n) is 8.39. The van der Waals surface area contributed by atoms with Gasteiger partial charge in [0.25, 0.3) is 5.91 Å². The van der Waals surface area contributed by atoms with E-state index in [9.17, 15) is 9.59 Å². The molecule has 0 saturated heterocycles. The van der Waals surface area contributed by atoms with Crippen LogP contribution in [-0.4, -0.2) is 30.6 Å². The molecule has 0 spiro atoms. The van der Waals surface area contributed by atoms with Crippen molar-refractivity contribution >= 4 is 35.2 Å². The lowest BCUT2D eigenvalue weighted by atomic mass is 10.2. The molecule has 7 nitrogen and oxygen atoms in total. The second-order valence-electron chi connectivity index (χ2n) is 5.62. The van der Waals surface area contributed by atoms with Gasteiger partial charge in [-0.1, -0.05) is 36.4 Å². The largest absolute Gasteiger partial charge is 0.496 e. The number of hydrogen-bond donors (Lipinski definition) is 3. The lowest BCUT2D eigenvalue weighted by Crippen LogP contribution is -2.49. The van der Waals surface area contributed by atoms with Gasteiger partial charge in [-0.2, -0.15) is 0 Å². The topological polar surface area (TPSA) is 88.7 Å². The number of hydrogen-bond acceptors (Lipinski definition) is 5. The van der Waals surface area contributed by atoms with Crippen molar-refractivity contribution in [2.45, 2.75) is 6.92 Å². The summed E-state index contributed by atoms with van der Waals surface area (Å²) in [6, 6.07) is 14.6. The predicted octanol–water partition coefficient (Wildman–Crippen LogP) is 2.12. The molecule has 8 heteroatoms. The van der Waals surface area contributed by atoms with Gasteiger partial charge in [0.05, 0.1) is 7.11 Å². The zero-order valence-electron chi connectivity index (χ0n) is 15.5. The van der Waals surface area contributed by atoms with E-state index in [4.69, 9.17) is 21.7 Å². The number of thiocarbonyl (C=S) groups is 1. The van der Waals surface area contributed by atoms with Crippen LogP contribution in [0.15, 0.2) is 54.6 Å². The Labute approximate surface area is 168 Å². The Kier molecular flexibility index (Phi) is 7.98. The molecular weight excluding hydrogens is 378 g/mol. The van der Waals surface area contributed by atoms with Crippen LogP contribution >= 0.6 is 12.2 Å². The number of benzene rings is 2. The number of aryl methyl sites for hydroxylation is 1. The fraction of sp³-hybridized carbons (Fsp3) is 0.150. The van der Waals surface area contributed by atoms with Gasteiger partial charge in [-0.3, -0.25) is 25.8 Å². The van der Waals surface area contributed by atoms with Crippen molar-refractivity contribution in [3.63, 3.8) is 0 Å². The maximum atomic E-state index is 11.9. The maximum Gasteiger partial charge on any atom is 0.276 e. The minimum absolute atomic E-state index is 0.0427. The van der Waals surface area contributed by atoms with Crippen molar-refractivity contribution in [3.8, 4) is 11.5 Å². The minimum atomic E-state index is -0.450. The second kappa shape index (κ2) is 10.7. The van der Waals surface area contributed by atoms with Gasteiger partial charge in [-0.05, 0) is 42.9 Å². The van der Waals surface area contributed by atoms with E-state index in [2.05, 4.69) is 16.2 Å². The monoisotopic (exact) mass is 399 g/mol. The number of carbonyl (C=O) groups is 2. The van der Waals surface area contributed by atoms with Crippen LogP contribution in [0.1, 0.15) is 11.1 Å². The summed E-state index contributed by atoms with van der Waals surface area (Å²) >= 11 is 4.97. The molecule has 3 N–H and O–H groups in total. The molecule has 146 valence electrons. The van der Waals surface area contributed by atoms with Crippen molar-refractivity contribution in [3.05, 3.63) is 65.7 Å². The number of amides is 2. The van der Waals surface area contributed by atoms with Crippen LogP contribution in [0.5, 0.6) is 11.5 Å². The Morgan fingerprint density at radius 2 is 1.71 bits per heavy atom. The Morgan fingerprint density at radius 3 is 2.43 bits per heavy atom. The number of rotatable bonds is 6. The first kappa shape index (κ1) is 20.9. The Morgan fingerprint density at radius 1 is 1.04 bits per heavy atom. The quantitative estimate of drug-likeness (QED) is 0.392. The van der Waals surface area contributed by atoms with Crippen LogP contribution in [-0.2, 0) is 9.59 Å². The summed E-state index contributed by atoms with van der Waals surface area (Å²) in [6.45, 7) is 1.69. The van der Waals surface area contributed by atoms with Crippen LogP contribution in [0, 0.1) is 6.92 Å². The molecule has 0 aromatic heterocycles. The highest BCUT2D eigenvalue weighted by atomic mass is 32.1. The maximum absolute atomic E-state index is 11.9. The molecule has 28 heavy (non-hydrogen) atoms. The van der Waals surface area contributed by atoms with Gasteiger partial charge < -0.3 is 9.47 Å². The van der Waals surface area contributed by atoms with Crippen molar-refractivity contribution in [2.75, 3.05) is 13.7 Å². The van der Waals surface area contributed by atoms with E-state index < -0.39 is 11.8 Å². The zero-order valence-corrected chi connectivity index (χ0v) is 16.3. The molecule has 2 aromatic carbocycles. The molecule has 2 rings (SSSR count). The third kappa shape index (κ3) is 6.73. The molecule has 0 unspecified atom stereocenters. The molecule has 0 heterocycles. The average Bonchev–Trinajstić information content (AvgIpc) is 2.70. The van der Waals surface area contributed by atoms with Gasteiger partial charge >= 0.3 is 0 Å². The van der Waals surface area contributed by atoms with Crippen molar-refractivity contribution in [1.82, 2.24) is 16.2 Å². The molecule has 2 amide bonds. The molecule has 0 fully saturated rings. The lowest BCUT2D eigenvalue weighted by Gasteiger charge is -2.11. The van der Waals surface area contributed by atoms with E-state index in [1.54, 1.807) is 25.3 Å². The first-order valence-corrected chi connectivity index (χ1v) is 8.79. The van der Waals surface area contributed by atoms with E-state index in [0.29, 0.717) is 11.5 Å². The van der Waals surface area contributed by atoms with E-state index in [1.165, 1.54) is 6.08 Å². The summed E-state index contributed by atoms with van der Waals surface area (Å²) in [7, 11) is 1.55. The summed E-state index contributed by atoms with van der Waals surface area (Å²) in [4.78, 5) is 23.7. The number of methoxy groups -OCH3 is 1.